The third-order valence-electron chi connectivity index (χ3n) is 2.11. The Labute approximate surface area is 103 Å². The van der Waals surface area contributed by atoms with Crippen LogP contribution in [0.25, 0.3) is 0 Å². The van der Waals surface area contributed by atoms with Gasteiger partial charge in [-0.05, 0) is 30.7 Å². The van der Waals surface area contributed by atoms with Crippen LogP contribution in [0.2, 0.25) is 0 Å². The molecular formula is C15H18O2. The average molecular weight is 230 g/mol. The van der Waals surface area contributed by atoms with Gasteiger partial charge in [-0.3, -0.25) is 0 Å². The van der Waals surface area contributed by atoms with Crippen LogP contribution in [0.5, 0.6) is 5.75 Å². The monoisotopic (exact) mass is 230 g/mol. The Hall–Kier alpha value is -1.72. The van der Waals surface area contributed by atoms with E-state index in [-0.39, 0.29) is 0 Å². The third-order valence-corrected chi connectivity index (χ3v) is 2.11. The molecule has 0 saturated heterocycles. The zero-order valence-corrected chi connectivity index (χ0v) is 10.4. The predicted molar refractivity (Wildman–Crippen MR) is 70.1 cm³/mol. The van der Waals surface area contributed by atoms with Crippen LogP contribution in [-0.4, -0.2) is 20.3 Å². The Morgan fingerprint density at radius 3 is 2.59 bits per heavy atom. The maximum Gasteiger partial charge on any atom is 0.118 e. The van der Waals surface area contributed by atoms with E-state index in [0.717, 1.165) is 17.7 Å². The van der Waals surface area contributed by atoms with Gasteiger partial charge in [0.2, 0.25) is 0 Å². The van der Waals surface area contributed by atoms with E-state index >= 15 is 0 Å². The topological polar surface area (TPSA) is 18.5 Å². The fraction of sp³-hybridized carbons (Fsp3) is 0.333. The van der Waals surface area contributed by atoms with Crippen molar-refractivity contribution in [2.75, 3.05) is 20.3 Å². The molecule has 2 nitrogen and oxygen atoms in total. The van der Waals surface area contributed by atoms with Crippen LogP contribution >= 0.6 is 0 Å². The van der Waals surface area contributed by atoms with Gasteiger partial charge in [0.15, 0.2) is 0 Å². The Morgan fingerprint density at radius 1 is 1.18 bits per heavy atom. The lowest BCUT2D eigenvalue weighted by molar-refractivity contribution is 0.199. The lowest BCUT2D eigenvalue weighted by Crippen LogP contribution is -1.90. The number of rotatable bonds is 5. The Kier molecular flexibility index (Phi) is 6.62. The van der Waals surface area contributed by atoms with Crippen LogP contribution in [0, 0.1) is 11.8 Å². The van der Waals surface area contributed by atoms with Crippen molar-refractivity contribution >= 4 is 0 Å². The largest absolute Gasteiger partial charge is 0.497 e. The molecule has 0 heterocycles. The summed E-state index contributed by atoms with van der Waals surface area (Å²) in [5.41, 5.74) is 0.971. The van der Waals surface area contributed by atoms with Crippen LogP contribution in [0.4, 0.5) is 0 Å². The molecular weight excluding hydrogens is 212 g/mol. The van der Waals surface area contributed by atoms with Gasteiger partial charge in [0.1, 0.15) is 12.4 Å². The molecule has 1 rings (SSSR count). The molecule has 0 aliphatic carbocycles. The minimum Gasteiger partial charge on any atom is -0.497 e. The van der Waals surface area contributed by atoms with E-state index in [2.05, 4.69) is 24.8 Å². The molecule has 0 N–H and O–H groups in total. The van der Waals surface area contributed by atoms with Crippen molar-refractivity contribution in [3.63, 3.8) is 0 Å². The first kappa shape index (κ1) is 13.3. The first-order chi connectivity index (χ1) is 8.36. The molecule has 0 fully saturated rings. The van der Waals surface area contributed by atoms with Gasteiger partial charge in [-0.2, -0.15) is 0 Å². The summed E-state index contributed by atoms with van der Waals surface area (Å²) in [4.78, 5) is 0. The van der Waals surface area contributed by atoms with Gasteiger partial charge in [-0.15, -0.1) is 0 Å². The minimum atomic E-state index is 0.458. The molecule has 0 bridgehead atoms. The highest BCUT2D eigenvalue weighted by Gasteiger charge is 1.89. The molecule has 0 saturated carbocycles. The van der Waals surface area contributed by atoms with Crippen molar-refractivity contribution in [3.05, 3.63) is 42.0 Å². The van der Waals surface area contributed by atoms with E-state index in [1.807, 2.05) is 30.3 Å². The smallest absolute Gasteiger partial charge is 0.118 e. The van der Waals surface area contributed by atoms with Crippen LogP contribution in [0.15, 0.2) is 36.4 Å². The van der Waals surface area contributed by atoms with E-state index < -0.39 is 0 Å². The van der Waals surface area contributed by atoms with Crippen LogP contribution in [0.1, 0.15) is 18.9 Å². The molecule has 0 amide bonds. The maximum absolute atomic E-state index is 5.32. The third kappa shape index (κ3) is 5.79. The van der Waals surface area contributed by atoms with Gasteiger partial charge in [0.05, 0.1) is 13.7 Å². The molecule has 0 aliphatic rings. The fourth-order valence-electron chi connectivity index (χ4n) is 1.23. The number of hydrogen-bond acceptors (Lipinski definition) is 2. The van der Waals surface area contributed by atoms with E-state index in [9.17, 15) is 0 Å². The molecule has 1 aromatic carbocycles. The van der Waals surface area contributed by atoms with E-state index in [0.29, 0.717) is 13.2 Å². The Bertz CT molecular complexity index is 393. The van der Waals surface area contributed by atoms with Crippen molar-refractivity contribution < 1.29 is 9.47 Å². The summed E-state index contributed by atoms with van der Waals surface area (Å²) < 4.78 is 10.4. The second-order valence-corrected chi connectivity index (χ2v) is 3.43. The highest BCUT2D eigenvalue weighted by atomic mass is 16.5. The number of allylic oxidation sites excluding steroid dienone is 1. The highest BCUT2D eigenvalue weighted by Crippen LogP contribution is 2.09. The second-order valence-electron chi connectivity index (χ2n) is 3.43. The fourth-order valence-corrected chi connectivity index (χ4v) is 1.23. The van der Waals surface area contributed by atoms with Crippen molar-refractivity contribution in [3.8, 4) is 17.6 Å². The summed E-state index contributed by atoms with van der Waals surface area (Å²) in [5, 5.41) is 0. The molecule has 2 heteroatoms. The highest BCUT2D eigenvalue weighted by molar-refractivity contribution is 5.38. The summed E-state index contributed by atoms with van der Waals surface area (Å²) in [6.45, 7) is 3.19. The SMILES string of the molecule is CC/C=C\COCC#Cc1ccc(OC)cc1. The molecule has 0 aliphatic heterocycles. The van der Waals surface area contributed by atoms with E-state index in [4.69, 9.17) is 9.47 Å². The first-order valence-corrected chi connectivity index (χ1v) is 5.72. The Morgan fingerprint density at radius 2 is 1.94 bits per heavy atom. The summed E-state index contributed by atoms with van der Waals surface area (Å²) in [5.74, 6) is 6.85. The number of hydrogen-bond donors (Lipinski definition) is 0. The lowest BCUT2D eigenvalue weighted by Gasteiger charge is -1.97. The maximum atomic E-state index is 5.32. The van der Waals surface area contributed by atoms with Gasteiger partial charge in [0, 0.05) is 5.56 Å². The summed E-state index contributed by atoms with van der Waals surface area (Å²) in [7, 11) is 1.65. The van der Waals surface area contributed by atoms with Gasteiger partial charge >= 0.3 is 0 Å². The van der Waals surface area contributed by atoms with Gasteiger partial charge < -0.3 is 9.47 Å². The molecule has 0 spiro atoms. The summed E-state index contributed by atoms with van der Waals surface area (Å²) in [6, 6.07) is 7.66. The van der Waals surface area contributed by atoms with Crippen molar-refractivity contribution in [1.82, 2.24) is 0 Å². The number of methoxy groups -OCH3 is 1. The average Bonchev–Trinajstić information content (AvgIpc) is 2.38. The van der Waals surface area contributed by atoms with Crippen molar-refractivity contribution in [1.29, 1.82) is 0 Å². The minimum absolute atomic E-state index is 0.458. The van der Waals surface area contributed by atoms with Crippen LogP contribution < -0.4 is 4.74 Å². The second kappa shape index (κ2) is 8.43. The first-order valence-electron chi connectivity index (χ1n) is 5.72. The number of ether oxygens (including phenoxy) is 2. The molecule has 0 radical (unpaired) electrons. The van der Waals surface area contributed by atoms with E-state index in [1.54, 1.807) is 7.11 Å². The van der Waals surface area contributed by atoms with Crippen LogP contribution in [0.3, 0.4) is 0 Å². The summed E-state index contributed by atoms with van der Waals surface area (Å²) in [6.07, 6.45) is 5.13. The zero-order chi connectivity index (χ0) is 12.3. The van der Waals surface area contributed by atoms with Gasteiger partial charge in [0.25, 0.3) is 0 Å². The van der Waals surface area contributed by atoms with Crippen LogP contribution in [-0.2, 0) is 4.74 Å². The predicted octanol–water partition coefficient (Wildman–Crippen LogP) is 3.03. The lowest BCUT2D eigenvalue weighted by atomic mass is 10.2. The number of benzene rings is 1. The molecule has 90 valence electrons. The quantitative estimate of drug-likeness (QED) is 0.440. The van der Waals surface area contributed by atoms with E-state index in [1.165, 1.54) is 0 Å². The van der Waals surface area contributed by atoms with Crippen molar-refractivity contribution in [2.24, 2.45) is 0 Å². The standard InChI is InChI=1S/C15H18O2/c1-3-4-5-12-17-13-6-7-14-8-10-15(16-2)11-9-14/h4-5,8-11H,3,12-13H2,1-2H3/b5-4-. The van der Waals surface area contributed by atoms with Gasteiger partial charge in [-0.25, -0.2) is 0 Å². The molecule has 0 atom stereocenters. The van der Waals surface area contributed by atoms with Crippen molar-refractivity contribution in [2.45, 2.75) is 13.3 Å². The Balaban J connectivity index is 2.30. The zero-order valence-electron chi connectivity index (χ0n) is 10.4. The molecule has 1 aromatic rings. The van der Waals surface area contributed by atoms with Gasteiger partial charge in [-0.1, -0.05) is 30.9 Å². The summed E-state index contributed by atoms with van der Waals surface area (Å²) >= 11 is 0. The molecule has 0 unspecified atom stereocenters. The molecule has 0 aromatic heterocycles. The normalized spacial score (nSPS) is 10.0. The molecule has 17 heavy (non-hydrogen) atoms.